The zero-order valence-corrected chi connectivity index (χ0v) is 15.2. The molecule has 1 heterocycles. The van der Waals surface area contributed by atoms with Gasteiger partial charge >= 0.3 is 6.03 Å². The predicted molar refractivity (Wildman–Crippen MR) is 99.6 cm³/mol. The van der Waals surface area contributed by atoms with Crippen LogP contribution in [-0.4, -0.2) is 31.6 Å². The molecule has 8 heteroatoms. The second kappa shape index (κ2) is 7.91. The number of urea groups is 1. The van der Waals surface area contributed by atoms with Crippen molar-refractivity contribution in [3.63, 3.8) is 0 Å². The Morgan fingerprint density at radius 1 is 1.07 bits per heavy atom. The Labute approximate surface area is 160 Å². The van der Waals surface area contributed by atoms with Crippen LogP contribution >= 0.6 is 0 Å². The molecule has 28 heavy (non-hydrogen) atoms. The van der Waals surface area contributed by atoms with Gasteiger partial charge in [-0.25, -0.2) is 14.1 Å². The van der Waals surface area contributed by atoms with E-state index in [1.807, 2.05) is 6.92 Å². The fourth-order valence-corrected chi connectivity index (χ4v) is 2.70. The average molecular weight is 384 g/mol. The van der Waals surface area contributed by atoms with E-state index in [1.165, 1.54) is 25.3 Å². The Morgan fingerprint density at radius 2 is 1.79 bits per heavy atom. The third-order valence-electron chi connectivity index (χ3n) is 3.99. The maximum atomic E-state index is 13.1. The molecule has 144 valence electrons. The summed E-state index contributed by atoms with van der Waals surface area (Å²) >= 11 is 0. The van der Waals surface area contributed by atoms with Gasteiger partial charge in [0.25, 0.3) is 11.8 Å². The van der Waals surface area contributed by atoms with E-state index < -0.39 is 23.7 Å². The van der Waals surface area contributed by atoms with Gasteiger partial charge in [-0.05, 0) is 55.0 Å². The van der Waals surface area contributed by atoms with E-state index in [4.69, 9.17) is 9.47 Å². The van der Waals surface area contributed by atoms with Crippen LogP contribution in [0.4, 0.5) is 14.9 Å². The quantitative estimate of drug-likeness (QED) is 0.633. The van der Waals surface area contributed by atoms with Crippen molar-refractivity contribution in [1.82, 2.24) is 5.32 Å². The van der Waals surface area contributed by atoms with Crippen LogP contribution < -0.4 is 19.7 Å². The fraction of sp³-hybridized carbons (Fsp3) is 0.150. The highest BCUT2D eigenvalue weighted by molar-refractivity contribution is 6.39. The normalized spacial score (nSPS) is 15.6. The standard InChI is InChI=1S/C20H17FN2O5/c1-3-28-17-11-12(4-9-16(17)27-2)10-15-18(24)22-20(26)23(19(15)25)14-7-5-13(21)6-8-14/h4-11H,3H2,1-2H3,(H,22,24,26)/b15-10+. The summed E-state index contributed by atoms with van der Waals surface area (Å²) in [6, 6.07) is 8.81. The number of ether oxygens (including phenoxy) is 2. The number of nitrogens with one attached hydrogen (secondary N) is 1. The van der Waals surface area contributed by atoms with Crippen LogP contribution in [0.2, 0.25) is 0 Å². The van der Waals surface area contributed by atoms with Gasteiger partial charge in [-0.15, -0.1) is 0 Å². The zero-order valence-electron chi connectivity index (χ0n) is 15.2. The van der Waals surface area contributed by atoms with Gasteiger partial charge in [0, 0.05) is 0 Å². The Bertz CT molecular complexity index is 969. The summed E-state index contributed by atoms with van der Waals surface area (Å²) in [7, 11) is 1.50. The zero-order chi connectivity index (χ0) is 20.3. The van der Waals surface area contributed by atoms with Crippen molar-refractivity contribution in [2.75, 3.05) is 18.6 Å². The summed E-state index contributed by atoms with van der Waals surface area (Å²) in [5.74, 6) is -1.18. The molecule has 1 fully saturated rings. The largest absolute Gasteiger partial charge is 0.493 e. The number of hydrogen-bond acceptors (Lipinski definition) is 5. The summed E-state index contributed by atoms with van der Waals surface area (Å²) in [5.41, 5.74) is 0.416. The van der Waals surface area contributed by atoms with Crippen LogP contribution in [0.25, 0.3) is 6.08 Å². The number of benzene rings is 2. The van der Waals surface area contributed by atoms with Gasteiger partial charge in [-0.2, -0.15) is 0 Å². The molecule has 0 aromatic heterocycles. The smallest absolute Gasteiger partial charge is 0.335 e. The van der Waals surface area contributed by atoms with E-state index in [-0.39, 0.29) is 11.3 Å². The first-order chi connectivity index (χ1) is 13.4. The van der Waals surface area contributed by atoms with E-state index >= 15 is 0 Å². The molecule has 0 aliphatic carbocycles. The molecule has 0 unspecified atom stereocenters. The monoisotopic (exact) mass is 384 g/mol. The van der Waals surface area contributed by atoms with Crippen LogP contribution in [-0.2, 0) is 9.59 Å². The molecule has 2 aromatic rings. The minimum Gasteiger partial charge on any atom is -0.493 e. The number of barbiturate groups is 1. The second-order valence-electron chi connectivity index (χ2n) is 5.78. The van der Waals surface area contributed by atoms with Crippen molar-refractivity contribution < 1.29 is 28.2 Å². The second-order valence-corrected chi connectivity index (χ2v) is 5.78. The van der Waals surface area contributed by atoms with E-state index in [0.29, 0.717) is 23.7 Å². The van der Waals surface area contributed by atoms with Gasteiger partial charge in [-0.1, -0.05) is 6.07 Å². The third-order valence-corrected chi connectivity index (χ3v) is 3.99. The Balaban J connectivity index is 1.99. The molecule has 0 spiro atoms. The van der Waals surface area contributed by atoms with E-state index in [2.05, 4.69) is 5.32 Å². The number of rotatable bonds is 5. The van der Waals surface area contributed by atoms with E-state index in [1.54, 1.807) is 18.2 Å². The minimum absolute atomic E-state index is 0.145. The molecule has 2 aromatic carbocycles. The van der Waals surface area contributed by atoms with Gasteiger partial charge in [0.05, 0.1) is 19.4 Å². The number of anilines is 1. The van der Waals surface area contributed by atoms with Crippen LogP contribution in [0.5, 0.6) is 11.5 Å². The minimum atomic E-state index is -0.900. The Kier molecular flexibility index (Phi) is 5.39. The highest BCUT2D eigenvalue weighted by atomic mass is 19.1. The van der Waals surface area contributed by atoms with Crippen LogP contribution in [0, 0.1) is 5.82 Å². The van der Waals surface area contributed by atoms with Gasteiger partial charge < -0.3 is 9.47 Å². The number of hydrogen-bond donors (Lipinski definition) is 1. The van der Waals surface area contributed by atoms with Crippen molar-refractivity contribution >= 4 is 29.6 Å². The molecule has 3 rings (SSSR count). The van der Waals surface area contributed by atoms with Gasteiger partial charge in [0.2, 0.25) is 0 Å². The van der Waals surface area contributed by atoms with Crippen molar-refractivity contribution in [2.45, 2.75) is 6.92 Å². The molecule has 1 N–H and O–H groups in total. The SMILES string of the molecule is CCOc1cc(/C=C2\C(=O)NC(=O)N(c3ccc(F)cc3)C2=O)ccc1OC. The van der Waals surface area contributed by atoms with Crippen LogP contribution in [0.3, 0.4) is 0 Å². The van der Waals surface area contributed by atoms with Gasteiger partial charge in [-0.3, -0.25) is 14.9 Å². The maximum absolute atomic E-state index is 13.1. The molecule has 1 saturated heterocycles. The average Bonchev–Trinajstić information content (AvgIpc) is 2.67. The highest BCUT2D eigenvalue weighted by Crippen LogP contribution is 2.29. The molecular weight excluding hydrogens is 367 g/mol. The van der Waals surface area contributed by atoms with Gasteiger partial charge in [0.15, 0.2) is 11.5 Å². The molecule has 7 nitrogen and oxygen atoms in total. The number of carbonyl (C=O) groups is 3. The maximum Gasteiger partial charge on any atom is 0.335 e. The van der Waals surface area contributed by atoms with Gasteiger partial charge in [0.1, 0.15) is 11.4 Å². The summed E-state index contributed by atoms with van der Waals surface area (Å²) in [6.45, 7) is 2.22. The van der Waals surface area contributed by atoms with Crippen LogP contribution in [0.15, 0.2) is 48.0 Å². The van der Waals surface area contributed by atoms with E-state index in [0.717, 1.165) is 17.0 Å². The summed E-state index contributed by atoms with van der Waals surface area (Å²) in [4.78, 5) is 37.9. The summed E-state index contributed by atoms with van der Waals surface area (Å²) in [5, 5.41) is 2.11. The summed E-state index contributed by atoms with van der Waals surface area (Å²) < 4.78 is 23.8. The lowest BCUT2D eigenvalue weighted by Gasteiger charge is -2.26. The molecule has 0 bridgehead atoms. The number of methoxy groups -OCH3 is 1. The lowest BCUT2D eigenvalue weighted by Crippen LogP contribution is -2.54. The first-order valence-electron chi connectivity index (χ1n) is 8.42. The predicted octanol–water partition coefficient (Wildman–Crippen LogP) is 2.90. The molecule has 1 aliphatic rings. The number of imide groups is 2. The van der Waals surface area contributed by atoms with Crippen LogP contribution in [0.1, 0.15) is 12.5 Å². The van der Waals surface area contributed by atoms with Crippen molar-refractivity contribution in [2.24, 2.45) is 0 Å². The van der Waals surface area contributed by atoms with Crippen molar-refractivity contribution in [3.8, 4) is 11.5 Å². The third kappa shape index (κ3) is 3.71. The molecule has 0 atom stereocenters. The highest BCUT2D eigenvalue weighted by Gasteiger charge is 2.36. The lowest BCUT2D eigenvalue weighted by molar-refractivity contribution is -0.122. The first-order valence-corrected chi connectivity index (χ1v) is 8.42. The molecular formula is C20H17FN2O5. The molecule has 0 saturated carbocycles. The molecule has 4 amide bonds. The number of carbonyl (C=O) groups excluding carboxylic acids is 3. The molecule has 1 aliphatic heterocycles. The van der Waals surface area contributed by atoms with Crippen molar-refractivity contribution in [1.29, 1.82) is 0 Å². The van der Waals surface area contributed by atoms with Crippen molar-refractivity contribution in [3.05, 3.63) is 59.4 Å². The number of halogens is 1. The number of nitrogens with zero attached hydrogens (tertiary/aromatic N) is 1. The summed E-state index contributed by atoms with van der Waals surface area (Å²) in [6.07, 6.45) is 1.35. The first kappa shape index (κ1) is 19.1. The Hall–Kier alpha value is -3.68. The Morgan fingerprint density at radius 3 is 2.43 bits per heavy atom. The lowest BCUT2D eigenvalue weighted by atomic mass is 10.1. The topological polar surface area (TPSA) is 84.9 Å². The van der Waals surface area contributed by atoms with E-state index in [9.17, 15) is 18.8 Å². The molecule has 0 radical (unpaired) electrons. The fourth-order valence-electron chi connectivity index (χ4n) is 2.70. The number of amides is 4.